The molecule has 0 N–H and O–H groups in total. The van der Waals surface area contributed by atoms with Crippen LogP contribution in [0, 0.1) is 25.2 Å². The van der Waals surface area contributed by atoms with Crippen molar-refractivity contribution in [3.8, 4) is 23.1 Å². The molecule has 0 spiro atoms. The molecule has 0 radical (unpaired) electrons. The second-order valence-electron chi connectivity index (χ2n) is 6.10. The number of aromatic nitrogens is 2. The Morgan fingerprint density at radius 3 is 2.36 bits per heavy atom. The summed E-state index contributed by atoms with van der Waals surface area (Å²) in [5, 5.41) is 9.81. The summed E-state index contributed by atoms with van der Waals surface area (Å²) in [5.74, 6) is 0.347. The highest BCUT2D eigenvalue weighted by atomic mass is 32.2. The largest absolute Gasteiger partial charge is 0.768 e. The fourth-order valence-corrected chi connectivity index (χ4v) is 3.63. The predicted molar refractivity (Wildman–Crippen MR) is 108 cm³/mol. The lowest BCUT2D eigenvalue weighted by atomic mass is 10.1. The van der Waals surface area contributed by atoms with Crippen LogP contribution in [0.2, 0.25) is 0 Å². The summed E-state index contributed by atoms with van der Waals surface area (Å²) in [5.41, 5.74) is 2.76. The molecule has 142 valence electrons. The molecular formula is C20H16N3O3S2-. The molecule has 0 aliphatic carbocycles. The van der Waals surface area contributed by atoms with Crippen LogP contribution in [0.15, 0.2) is 57.2 Å². The molecule has 28 heavy (non-hydrogen) atoms. The maximum Gasteiger partial charge on any atom is 0.277 e. The molecule has 1 atom stereocenters. The first-order valence-electron chi connectivity index (χ1n) is 8.25. The van der Waals surface area contributed by atoms with E-state index in [0.29, 0.717) is 22.1 Å². The summed E-state index contributed by atoms with van der Waals surface area (Å²) in [4.78, 5) is 17.8. The van der Waals surface area contributed by atoms with Crippen LogP contribution in [-0.4, -0.2) is 24.6 Å². The molecule has 1 heterocycles. The molecule has 1 unspecified atom stereocenters. The van der Waals surface area contributed by atoms with Gasteiger partial charge in [-0.05, 0) is 66.6 Å². The van der Waals surface area contributed by atoms with Gasteiger partial charge in [0.05, 0.1) is 5.69 Å². The monoisotopic (exact) mass is 410 g/mol. The number of nitrogens with zero attached hydrogens (tertiary/aromatic N) is 3. The molecule has 6 nitrogen and oxygen atoms in total. The smallest absolute Gasteiger partial charge is 0.277 e. The van der Waals surface area contributed by atoms with E-state index in [-0.39, 0.29) is 10.5 Å². The van der Waals surface area contributed by atoms with Gasteiger partial charge in [-0.3, -0.25) is 13.6 Å². The fourth-order valence-electron chi connectivity index (χ4n) is 2.76. The normalized spacial score (nSPS) is 11.8. The molecule has 8 heteroatoms. The van der Waals surface area contributed by atoms with E-state index in [9.17, 15) is 18.8 Å². The van der Waals surface area contributed by atoms with Gasteiger partial charge in [-0.15, -0.1) is 11.8 Å². The maximum atomic E-state index is 13.1. The van der Waals surface area contributed by atoms with Crippen LogP contribution in [-0.2, 0) is 11.1 Å². The molecule has 0 saturated heterocycles. The number of rotatable bonds is 4. The Hall–Kier alpha value is -2.73. The van der Waals surface area contributed by atoms with Gasteiger partial charge in [-0.25, -0.2) is 4.98 Å². The minimum Gasteiger partial charge on any atom is -0.768 e. The third kappa shape index (κ3) is 3.64. The van der Waals surface area contributed by atoms with Crippen LogP contribution in [0.5, 0.6) is 0 Å². The lowest BCUT2D eigenvalue weighted by molar-refractivity contribution is 0.537. The van der Waals surface area contributed by atoms with Crippen molar-refractivity contribution in [3.05, 3.63) is 69.5 Å². The predicted octanol–water partition coefficient (Wildman–Crippen LogP) is 3.35. The van der Waals surface area contributed by atoms with Gasteiger partial charge in [0.2, 0.25) is 0 Å². The molecular weight excluding hydrogens is 394 g/mol. The van der Waals surface area contributed by atoms with Crippen molar-refractivity contribution >= 4 is 22.8 Å². The highest BCUT2D eigenvalue weighted by Gasteiger charge is 2.19. The number of nitriles is 1. The summed E-state index contributed by atoms with van der Waals surface area (Å²) < 4.78 is 23.7. The maximum absolute atomic E-state index is 13.1. The molecule has 0 amide bonds. The zero-order valence-electron chi connectivity index (χ0n) is 15.4. The zero-order valence-corrected chi connectivity index (χ0v) is 17.1. The minimum absolute atomic E-state index is 0.0215. The second-order valence-corrected chi connectivity index (χ2v) is 7.84. The molecule has 1 aromatic heterocycles. The summed E-state index contributed by atoms with van der Waals surface area (Å²) in [6, 6.07) is 13.6. The third-order valence-corrected chi connectivity index (χ3v) is 5.75. The Bertz CT molecular complexity index is 1180. The van der Waals surface area contributed by atoms with Crippen LogP contribution in [0.4, 0.5) is 0 Å². The van der Waals surface area contributed by atoms with Crippen LogP contribution in [0.1, 0.15) is 16.7 Å². The minimum atomic E-state index is -2.34. The van der Waals surface area contributed by atoms with E-state index in [1.807, 2.05) is 32.0 Å². The molecule has 0 saturated carbocycles. The van der Waals surface area contributed by atoms with E-state index in [2.05, 4.69) is 4.98 Å². The molecule has 2 aromatic carbocycles. The Labute approximate surface area is 169 Å². The van der Waals surface area contributed by atoms with E-state index < -0.39 is 16.6 Å². The molecule has 3 aromatic rings. The SMILES string of the molecule is CSc1nc(-c2ccc(S(=O)[O-])cc2)n(-c2ccc(C)c(C)c2)c(=O)c1C#N. The standard InChI is InChI=1S/C20H17N3O3S2/c1-12-4-7-15(10-13(12)2)23-18(14-5-8-16(9-6-14)28(25)26)22-19(27-3)17(11-21)20(23)24/h4-10H,1-3H3,(H,25,26)/p-1. The molecule has 0 aliphatic rings. The number of hydrogen-bond donors (Lipinski definition) is 0. The van der Waals surface area contributed by atoms with Gasteiger partial charge in [-0.1, -0.05) is 18.2 Å². The first kappa shape index (κ1) is 20.0. The van der Waals surface area contributed by atoms with Crippen molar-refractivity contribution in [1.82, 2.24) is 9.55 Å². The quantitative estimate of drug-likeness (QED) is 0.372. The number of hydrogen-bond acceptors (Lipinski definition) is 6. The molecule has 0 bridgehead atoms. The van der Waals surface area contributed by atoms with Gasteiger partial charge >= 0.3 is 0 Å². The van der Waals surface area contributed by atoms with Crippen molar-refractivity contribution < 1.29 is 8.76 Å². The molecule has 0 aliphatic heterocycles. The van der Waals surface area contributed by atoms with Crippen LogP contribution in [0.3, 0.4) is 0 Å². The van der Waals surface area contributed by atoms with E-state index in [0.717, 1.165) is 11.1 Å². The first-order chi connectivity index (χ1) is 13.4. The number of aryl methyl sites for hydroxylation is 2. The average molecular weight is 411 g/mol. The highest BCUT2D eigenvalue weighted by Crippen LogP contribution is 2.26. The van der Waals surface area contributed by atoms with E-state index in [1.54, 1.807) is 24.5 Å². The van der Waals surface area contributed by atoms with Crippen LogP contribution >= 0.6 is 11.8 Å². The first-order valence-corrected chi connectivity index (χ1v) is 10.6. The van der Waals surface area contributed by atoms with Crippen molar-refractivity contribution in [3.63, 3.8) is 0 Å². The average Bonchev–Trinajstić information content (AvgIpc) is 2.69. The van der Waals surface area contributed by atoms with Crippen molar-refractivity contribution in [2.24, 2.45) is 0 Å². The molecule has 3 rings (SSSR count). The Morgan fingerprint density at radius 1 is 1.14 bits per heavy atom. The Kier molecular flexibility index (Phi) is 5.79. The zero-order chi connectivity index (χ0) is 20.4. The van der Waals surface area contributed by atoms with Gasteiger partial charge in [0.15, 0.2) is 0 Å². The Morgan fingerprint density at radius 2 is 1.82 bits per heavy atom. The van der Waals surface area contributed by atoms with Crippen LogP contribution in [0.25, 0.3) is 17.1 Å². The van der Waals surface area contributed by atoms with Crippen molar-refractivity contribution in [2.45, 2.75) is 23.8 Å². The van der Waals surface area contributed by atoms with Gasteiger partial charge in [0.25, 0.3) is 5.56 Å². The lowest BCUT2D eigenvalue weighted by Gasteiger charge is -2.16. The summed E-state index contributed by atoms with van der Waals surface area (Å²) in [6.07, 6.45) is 1.75. The topological polar surface area (TPSA) is 98.8 Å². The molecule has 0 fully saturated rings. The van der Waals surface area contributed by atoms with E-state index >= 15 is 0 Å². The van der Waals surface area contributed by atoms with Crippen LogP contribution < -0.4 is 5.56 Å². The van der Waals surface area contributed by atoms with Gasteiger partial charge in [0.1, 0.15) is 22.5 Å². The fraction of sp³-hybridized carbons (Fsp3) is 0.150. The number of thioether (sulfide) groups is 1. The summed E-state index contributed by atoms with van der Waals surface area (Å²) in [6.45, 7) is 3.91. The van der Waals surface area contributed by atoms with Crippen molar-refractivity contribution in [1.29, 1.82) is 5.26 Å². The van der Waals surface area contributed by atoms with E-state index in [4.69, 9.17) is 0 Å². The lowest BCUT2D eigenvalue weighted by Crippen LogP contribution is -2.25. The van der Waals surface area contributed by atoms with Gasteiger partial charge in [0, 0.05) is 10.5 Å². The highest BCUT2D eigenvalue weighted by molar-refractivity contribution is 7.98. The van der Waals surface area contributed by atoms with E-state index in [1.165, 1.54) is 28.5 Å². The Balaban J connectivity index is 2.35. The summed E-state index contributed by atoms with van der Waals surface area (Å²) in [7, 11) is 0. The van der Waals surface area contributed by atoms with Crippen molar-refractivity contribution in [2.75, 3.05) is 6.26 Å². The summed E-state index contributed by atoms with van der Waals surface area (Å²) >= 11 is -1.13. The number of benzene rings is 2. The van der Waals surface area contributed by atoms with Gasteiger partial charge in [-0.2, -0.15) is 5.26 Å². The second kappa shape index (κ2) is 8.10. The third-order valence-electron chi connectivity index (χ3n) is 4.41. The van der Waals surface area contributed by atoms with Gasteiger partial charge < -0.3 is 4.55 Å².